The Morgan fingerprint density at radius 3 is 2.21 bits per heavy atom. The van der Waals surface area contributed by atoms with Crippen LogP contribution in [0.3, 0.4) is 0 Å². The van der Waals surface area contributed by atoms with Crippen molar-refractivity contribution >= 4 is 0 Å². The summed E-state index contributed by atoms with van der Waals surface area (Å²) in [6, 6.07) is 0.125. The van der Waals surface area contributed by atoms with Crippen LogP contribution in [0, 0.1) is 10.3 Å². The summed E-state index contributed by atoms with van der Waals surface area (Å²) in [6.07, 6.45) is 7.19. The number of likely N-dealkylation sites (tertiary alicyclic amines) is 1. The van der Waals surface area contributed by atoms with E-state index in [4.69, 9.17) is 0 Å². The number of hydrogen-bond donors (Lipinski definition) is 0. The Morgan fingerprint density at radius 2 is 1.71 bits per heavy atom. The fraction of sp³-hybridized carbons (Fsp3) is 1.00. The third-order valence-electron chi connectivity index (χ3n) is 4.21. The summed E-state index contributed by atoms with van der Waals surface area (Å²) in [7, 11) is 2.20. The van der Waals surface area contributed by atoms with Crippen molar-refractivity contribution in [2.45, 2.75) is 44.6 Å². The smallest absolute Gasteiger partial charge is 0.0920 e. The lowest BCUT2D eigenvalue weighted by molar-refractivity contribution is 0.0750. The lowest BCUT2D eigenvalue weighted by atomic mass is 9.67. The minimum atomic E-state index is 0.125. The molecule has 1 aliphatic carbocycles. The molecule has 1 saturated heterocycles. The first kappa shape index (κ1) is 10.1. The van der Waals surface area contributed by atoms with Crippen LogP contribution in [0.4, 0.5) is 0 Å². The SMILES string of the molecule is CN1CCC2(CCC(N=O)CC2)CC1. The van der Waals surface area contributed by atoms with Crippen LogP contribution in [0.1, 0.15) is 38.5 Å². The molecule has 14 heavy (non-hydrogen) atoms. The van der Waals surface area contributed by atoms with Crippen LogP contribution >= 0.6 is 0 Å². The van der Waals surface area contributed by atoms with E-state index >= 15 is 0 Å². The zero-order valence-corrected chi connectivity index (χ0v) is 9.04. The predicted octanol–water partition coefficient (Wildman–Crippen LogP) is 2.41. The van der Waals surface area contributed by atoms with Gasteiger partial charge in [0.1, 0.15) is 0 Å². The molecule has 1 aliphatic heterocycles. The number of nitrogens with zero attached hydrogens (tertiary/aromatic N) is 2. The van der Waals surface area contributed by atoms with Gasteiger partial charge in [0.2, 0.25) is 0 Å². The minimum Gasteiger partial charge on any atom is -0.306 e. The largest absolute Gasteiger partial charge is 0.306 e. The topological polar surface area (TPSA) is 32.7 Å². The molecule has 1 heterocycles. The van der Waals surface area contributed by atoms with Crippen LogP contribution in [-0.2, 0) is 0 Å². The lowest BCUT2D eigenvalue weighted by Gasteiger charge is -2.44. The van der Waals surface area contributed by atoms with Gasteiger partial charge in [0.25, 0.3) is 0 Å². The van der Waals surface area contributed by atoms with Crippen molar-refractivity contribution in [1.82, 2.24) is 4.90 Å². The van der Waals surface area contributed by atoms with E-state index in [1.165, 1.54) is 38.8 Å². The van der Waals surface area contributed by atoms with Gasteiger partial charge in [-0.2, -0.15) is 4.91 Å². The molecule has 3 heteroatoms. The molecule has 0 atom stereocenters. The van der Waals surface area contributed by atoms with Crippen molar-refractivity contribution in [2.24, 2.45) is 10.6 Å². The fourth-order valence-corrected chi connectivity index (χ4v) is 2.91. The van der Waals surface area contributed by atoms with Gasteiger partial charge in [0, 0.05) is 0 Å². The van der Waals surface area contributed by atoms with Crippen molar-refractivity contribution in [3.05, 3.63) is 4.91 Å². The summed E-state index contributed by atoms with van der Waals surface area (Å²) >= 11 is 0. The van der Waals surface area contributed by atoms with Crippen LogP contribution in [0.5, 0.6) is 0 Å². The number of rotatable bonds is 1. The van der Waals surface area contributed by atoms with Gasteiger partial charge in [-0.25, -0.2) is 0 Å². The van der Waals surface area contributed by atoms with Crippen LogP contribution < -0.4 is 0 Å². The Hall–Kier alpha value is -0.440. The van der Waals surface area contributed by atoms with Crippen molar-refractivity contribution < 1.29 is 0 Å². The van der Waals surface area contributed by atoms with E-state index in [9.17, 15) is 4.91 Å². The van der Waals surface area contributed by atoms with E-state index in [1.54, 1.807) is 0 Å². The first-order valence-corrected chi connectivity index (χ1v) is 5.75. The fourth-order valence-electron chi connectivity index (χ4n) is 2.91. The number of hydrogen-bond acceptors (Lipinski definition) is 3. The van der Waals surface area contributed by atoms with Gasteiger partial charge in [0.05, 0.1) is 6.04 Å². The highest BCUT2D eigenvalue weighted by atomic mass is 16.3. The number of nitroso groups, excluding NO2 is 1. The summed E-state index contributed by atoms with van der Waals surface area (Å²) in [5.74, 6) is 0. The molecule has 0 aromatic carbocycles. The van der Waals surface area contributed by atoms with Gasteiger partial charge in [-0.1, -0.05) is 5.18 Å². The molecule has 1 spiro atoms. The molecule has 0 aromatic heterocycles. The minimum absolute atomic E-state index is 0.125. The Bertz CT molecular complexity index is 199. The van der Waals surface area contributed by atoms with Crippen molar-refractivity contribution in [1.29, 1.82) is 0 Å². The highest BCUT2D eigenvalue weighted by Crippen LogP contribution is 2.44. The summed E-state index contributed by atoms with van der Waals surface area (Å²) in [5, 5.41) is 3.18. The Balaban J connectivity index is 1.89. The average molecular weight is 196 g/mol. The van der Waals surface area contributed by atoms with Gasteiger partial charge in [0.15, 0.2) is 0 Å². The molecule has 80 valence electrons. The maximum atomic E-state index is 10.4. The Kier molecular flexibility index (Phi) is 2.86. The van der Waals surface area contributed by atoms with Crippen molar-refractivity contribution in [3.8, 4) is 0 Å². The van der Waals surface area contributed by atoms with Crippen LogP contribution in [0.2, 0.25) is 0 Å². The van der Waals surface area contributed by atoms with E-state index in [0.29, 0.717) is 5.41 Å². The third-order valence-corrected chi connectivity index (χ3v) is 4.21. The van der Waals surface area contributed by atoms with Crippen molar-refractivity contribution in [3.63, 3.8) is 0 Å². The van der Waals surface area contributed by atoms with E-state index in [1.807, 2.05) is 0 Å². The number of piperidine rings is 1. The average Bonchev–Trinajstić information content (AvgIpc) is 2.24. The molecular weight excluding hydrogens is 176 g/mol. The normalized spacial score (nSPS) is 29.2. The molecule has 0 N–H and O–H groups in total. The van der Waals surface area contributed by atoms with E-state index in [-0.39, 0.29) is 6.04 Å². The first-order chi connectivity index (χ1) is 6.74. The quantitative estimate of drug-likeness (QED) is 0.603. The van der Waals surface area contributed by atoms with Crippen LogP contribution in [0.15, 0.2) is 5.18 Å². The van der Waals surface area contributed by atoms with E-state index < -0.39 is 0 Å². The first-order valence-electron chi connectivity index (χ1n) is 5.75. The highest BCUT2D eigenvalue weighted by Gasteiger charge is 2.37. The standard InChI is InChI=1S/C11H20N2O/c1-13-8-6-11(7-9-13)4-2-10(12-14)3-5-11/h10H,2-9H2,1H3. The molecule has 1 saturated carbocycles. The van der Waals surface area contributed by atoms with E-state index in [0.717, 1.165) is 12.8 Å². The molecule has 2 rings (SSSR count). The summed E-state index contributed by atoms with van der Waals surface area (Å²) in [6.45, 7) is 2.47. The molecule has 2 fully saturated rings. The lowest BCUT2D eigenvalue weighted by Crippen LogP contribution is -2.40. The zero-order valence-electron chi connectivity index (χ0n) is 9.04. The predicted molar refractivity (Wildman–Crippen MR) is 57.2 cm³/mol. The summed E-state index contributed by atoms with van der Waals surface area (Å²) in [5.41, 5.74) is 0.577. The maximum Gasteiger partial charge on any atom is 0.0920 e. The van der Waals surface area contributed by atoms with Gasteiger partial charge in [-0.3, -0.25) is 0 Å². The van der Waals surface area contributed by atoms with E-state index in [2.05, 4.69) is 17.1 Å². The molecule has 2 aliphatic rings. The van der Waals surface area contributed by atoms with Gasteiger partial charge < -0.3 is 4.90 Å². The Labute approximate surface area is 85.8 Å². The highest BCUT2D eigenvalue weighted by molar-refractivity contribution is 4.91. The maximum absolute atomic E-state index is 10.4. The monoisotopic (exact) mass is 196 g/mol. The molecule has 0 amide bonds. The second kappa shape index (κ2) is 3.97. The molecule has 3 nitrogen and oxygen atoms in total. The van der Waals surface area contributed by atoms with Crippen LogP contribution in [0.25, 0.3) is 0 Å². The zero-order chi connectivity index (χ0) is 10.0. The molecule has 0 unspecified atom stereocenters. The second-order valence-corrected chi connectivity index (χ2v) is 5.14. The molecule has 0 radical (unpaired) electrons. The third kappa shape index (κ3) is 1.97. The van der Waals surface area contributed by atoms with Crippen molar-refractivity contribution in [2.75, 3.05) is 20.1 Å². The molecule has 0 aromatic rings. The van der Waals surface area contributed by atoms with Crippen LogP contribution in [-0.4, -0.2) is 31.1 Å². The summed E-state index contributed by atoms with van der Waals surface area (Å²) < 4.78 is 0. The Morgan fingerprint density at radius 1 is 1.14 bits per heavy atom. The van der Waals surface area contributed by atoms with Gasteiger partial charge in [-0.05, 0) is 64.1 Å². The summed E-state index contributed by atoms with van der Waals surface area (Å²) in [4.78, 5) is 12.8. The van der Waals surface area contributed by atoms with Gasteiger partial charge in [-0.15, -0.1) is 0 Å². The molecular formula is C11H20N2O. The van der Waals surface area contributed by atoms with Gasteiger partial charge >= 0.3 is 0 Å². The molecule has 0 bridgehead atoms. The second-order valence-electron chi connectivity index (χ2n) is 5.14.